The zero-order valence-corrected chi connectivity index (χ0v) is 18.4. The number of amides is 1. The van der Waals surface area contributed by atoms with Crippen LogP contribution in [0.25, 0.3) is 6.08 Å². The Bertz CT molecular complexity index is 940. The highest BCUT2D eigenvalue weighted by Crippen LogP contribution is 2.39. The van der Waals surface area contributed by atoms with Gasteiger partial charge in [-0.25, -0.2) is 4.79 Å². The normalized spacial score (nSPS) is 15.5. The SMILES string of the molecule is CCN1C(=O)/C(=C\c2cc(Br)c(OC(=O)c3cccs3)c(OC)c2)SC1=S. The molecule has 1 amide bonds. The highest BCUT2D eigenvalue weighted by Gasteiger charge is 2.30. The summed E-state index contributed by atoms with van der Waals surface area (Å²) in [4.78, 5) is 27.2. The molecule has 0 N–H and O–H groups in total. The van der Waals surface area contributed by atoms with E-state index in [0.717, 1.165) is 5.56 Å². The average Bonchev–Trinajstić information content (AvgIpc) is 3.26. The fourth-order valence-electron chi connectivity index (χ4n) is 2.38. The Labute approximate surface area is 178 Å². The van der Waals surface area contributed by atoms with Gasteiger partial charge in [0.25, 0.3) is 5.91 Å². The number of nitrogens with zero attached hydrogens (tertiary/aromatic N) is 1. The first-order chi connectivity index (χ1) is 12.9. The van der Waals surface area contributed by atoms with Crippen molar-refractivity contribution in [2.75, 3.05) is 13.7 Å². The molecule has 140 valence electrons. The fourth-order valence-corrected chi connectivity index (χ4v) is 4.91. The van der Waals surface area contributed by atoms with Crippen LogP contribution in [0.1, 0.15) is 22.2 Å². The topological polar surface area (TPSA) is 55.8 Å². The van der Waals surface area contributed by atoms with E-state index in [4.69, 9.17) is 21.7 Å². The molecule has 1 fully saturated rings. The lowest BCUT2D eigenvalue weighted by Crippen LogP contribution is -2.27. The Morgan fingerprint density at radius 1 is 1.41 bits per heavy atom. The predicted molar refractivity (Wildman–Crippen MR) is 116 cm³/mol. The molecule has 0 radical (unpaired) electrons. The molecule has 1 aromatic heterocycles. The number of likely N-dealkylation sites (N-methyl/N-ethyl adjacent to an activating group) is 1. The largest absolute Gasteiger partial charge is 0.493 e. The zero-order chi connectivity index (χ0) is 19.6. The minimum atomic E-state index is -0.458. The molecule has 0 bridgehead atoms. The summed E-state index contributed by atoms with van der Waals surface area (Å²) in [6.07, 6.45) is 1.74. The maximum absolute atomic E-state index is 12.4. The van der Waals surface area contributed by atoms with Crippen LogP contribution in [0, 0.1) is 0 Å². The van der Waals surface area contributed by atoms with Gasteiger partial charge in [0.2, 0.25) is 0 Å². The molecule has 5 nitrogen and oxygen atoms in total. The summed E-state index contributed by atoms with van der Waals surface area (Å²) in [6, 6.07) is 6.94. The number of thiocarbonyl (C=S) groups is 1. The van der Waals surface area contributed by atoms with Crippen LogP contribution in [0.15, 0.2) is 39.0 Å². The number of hydrogen-bond donors (Lipinski definition) is 0. The molecule has 3 rings (SSSR count). The standard InChI is InChI=1S/C18H14BrNO4S3/c1-3-20-16(21)14(27-18(20)25)9-10-7-11(19)15(12(8-10)23-2)24-17(22)13-5-4-6-26-13/h4-9H,3H2,1-2H3/b14-9+. The van der Waals surface area contributed by atoms with Crippen molar-refractivity contribution in [1.29, 1.82) is 0 Å². The molecule has 27 heavy (non-hydrogen) atoms. The van der Waals surface area contributed by atoms with E-state index in [-0.39, 0.29) is 11.7 Å². The number of carbonyl (C=O) groups is 2. The molecule has 2 heterocycles. The van der Waals surface area contributed by atoms with E-state index in [1.165, 1.54) is 30.2 Å². The van der Waals surface area contributed by atoms with Crippen molar-refractivity contribution in [2.45, 2.75) is 6.92 Å². The summed E-state index contributed by atoms with van der Waals surface area (Å²) < 4.78 is 12.0. The van der Waals surface area contributed by atoms with Gasteiger partial charge < -0.3 is 9.47 Å². The molecule has 0 atom stereocenters. The van der Waals surface area contributed by atoms with Crippen LogP contribution < -0.4 is 9.47 Å². The highest BCUT2D eigenvalue weighted by atomic mass is 79.9. The highest BCUT2D eigenvalue weighted by molar-refractivity contribution is 9.10. The smallest absolute Gasteiger partial charge is 0.353 e. The average molecular weight is 484 g/mol. The van der Waals surface area contributed by atoms with Crippen LogP contribution in [0.4, 0.5) is 0 Å². The summed E-state index contributed by atoms with van der Waals surface area (Å²) in [6.45, 7) is 2.41. The lowest BCUT2D eigenvalue weighted by molar-refractivity contribution is -0.121. The van der Waals surface area contributed by atoms with Gasteiger partial charge in [-0.15, -0.1) is 11.3 Å². The first-order valence-corrected chi connectivity index (χ1v) is 10.7. The number of halogens is 1. The van der Waals surface area contributed by atoms with Crippen molar-refractivity contribution in [2.24, 2.45) is 0 Å². The second kappa shape index (κ2) is 8.55. The van der Waals surface area contributed by atoms with Crippen LogP contribution in [0.3, 0.4) is 0 Å². The molecule has 2 aromatic rings. The van der Waals surface area contributed by atoms with Crippen molar-refractivity contribution >= 4 is 73.5 Å². The van der Waals surface area contributed by atoms with E-state index >= 15 is 0 Å². The number of esters is 1. The molecular weight excluding hydrogens is 470 g/mol. The van der Waals surface area contributed by atoms with Gasteiger partial charge >= 0.3 is 5.97 Å². The third-order valence-corrected chi connectivity index (χ3v) is 6.47. The monoisotopic (exact) mass is 483 g/mol. The van der Waals surface area contributed by atoms with Crippen LogP contribution >= 0.6 is 51.2 Å². The second-order valence-electron chi connectivity index (χ2n) is 5.33. The number of carbonyl (C=O) groups excluding carboxylic acids is 2. The van der Waals surface area contributed by atoms with Crippen molar-refractivity contribution in [3.63, 3.8) is 0 Å². The first kappa shape index (κ1) is 20.1. The number of hydrogen-bond acceptors (Lipinski definition) is 7. The molecule has 0 spiro atoms. The summed E-state index contributed by atoms with van der Waals surface area (Å²) in [5.74, 6) is 0.0945. The van der Waals surface area contributed by atoms with Gasteiger partial charge in [0.05, 0.1) is 16.5 Å². The number of benzene rings is 1. The molecule has 0 aliphatic carbocycles. The summed E-state index contributed by atoms with van der Waals surface area (Å²) in [5, 5.41) is 1.80. The van der Waals surface area contributed by atoms with E-state index in [1.54, 1.807) is 40.6 Å². The molecule has 9 heteroatoms. The summed E-state index contributed by atoms with van der Waals surface area (Å²) in [7, 11) is 1.49. The van der Waals surface area contributed by atoms with E-state index in [2.05, 4.69) is 15.9 Å². The Morgan fingerprint density at radius 3 is 2.78 bits per heavy atom. The summed E-state index contributed by atoms with van der Waals surface area (Å²) in [5.41, 5.74) is 0.728. The van der Waals surface area contributed by atoms with Crippen LogP contribution in [0.2, 0.25) is 0 Å². The number of methoxy groups -OCH3 is 1. The number of rotatable bonds is 5. The lowest BCUT2D eigenvalue weighted by atomic mass is 10.2. The van der Waals surface area contributed by atoms with Gasteiger partial charge in [0.1, 0.15) is 9.20 Å². The quantitative estimate of drug-likeness (QED) is 0.259. The molecule has 0 saturated carbocycles. The predicted octanol–water partition coefficient (Wildman–Crippen LogP) is 4.96. The third-order valence-electron chi connectivity index (χ3n) is 3.66. The Hall–Kier alpha value is -1.68. The fraction of sp³-hybridized carbons (Fsp3) is 0.167. The number of ether oxygens (including phenoxy) is 2. The maximum Gasteiger partial charge on any atom is 0.353 e. The minimum absolute atomic E-state index is 0.115. The molecule has 1 aliphatic rings. The molecule has 1 saturated heterocycles. The van der Waals surface area contributed by atoms with Gasteiger partial charge in [-0.3, -0.25) is 9.69 Å². The van der Waals surface area contributed by atoms with E-state index < -0.39 is 5.97 Å². The molecule has 1 aliphatic heterocycles. The third kappa shape index (κ3) is 4.26. The summed E-state index contributed by atoms with van der Waals surface area (Å²) >= 11 is 11.2. The van der Waals surface area contributed by atoms with E-state index in [1.807, 2.05) is 6.92 Å². The van der Waals surface area contributed by atoms with Gasteiger partial charge in [0, 0.05) is 6.54 Å². The van der Waals surface area contributed by atoms with Crippen molar-refractivity contribution in [3.05, 3.63) is 49.5 Å². The number of thioether (sulfide) groups is 1. The van der Waals surface area contributed by atoms with Gasteiger partial charge in [-0.2, -0.15) is 0 Å². The zero-order valence-electron chi connectivity index (χ0n) is 14.4. The van der Waals surface area contributed by atoms with Gasteiger partial charge in [-0.1, -0.05) is 30.0 Å². The van der Waals surface area contributed by atoms with E-state index in [9.17, 15) is 9.59 Å². The van der Waals surface area contributed by atoms with Crippen LogP contribution in [-0.4, -0.2) is 34.8 Å². The Morgan fingerprint density at radius 2 is 2.19 bits per heavy atom. The Kier molecular flexibility index (Phi) is 6.36. The first-order valence-electron chi connectivity index (χ1n) is 7.83. The number of thiophene rings is 1. The van der Waals surface area contributed by atoms with Crippen LogP contribution in [0.5, 0.6) is 11.5 Å². The van der Waals surface area contributed by atoms with Crippen molar-refractivity contribution in [1.82, 2.24) is 4.90 Å². The molecule has 1 aromatic carbocycles. The minimum Gasteiger partial charge on any atom is -0.493 e. The second-order valence-corrected chi connectivity index (χ2v) is 8.80. The lowest BCUT2D eigenvalue weighted by Gasteiger charge is -2.12. The van der Waals surface area contributed by atoms with Crippen molar-refractivity contribution in [3.8, 4) is 11.5 Å². The van der Waals surface area contributed by atoms with E-state index in [0.29, 0.717) is 30.9 Å². The van der Waals surface area contributed by atoms with Crippen LogP contribution in [-0.2, 0) is 4.79 Å². The van der Waals surface area contributed by atoms with Gasteiger partial charge in [0.15, 0.2) is 11.5 Å². The molecule has 0 unspecified atom stereocenters. The van der Waals surface area contributed by atoms with Crippen molar-refractivity contribution < 1.29 is 19.1 Å². The van der Waals surface area contributed by atoms with Gasteiger partial charge in [-0.05, 0) is 58.1 Å². The maximum atomic E-state index is 12.4. The molecular formula is C18H14BrNO4S3. The Balaban J connectivity index is 1.91.